The van der Waals surface area contributed by atoms with Crippen LogP contribution in [-0.2, 0) is 9.47 Å². The molecule has 6 nitrogen and oxygen atoms in total. The molecule has 312 valence electrons. The molecule has 0 aliphatic carbocycles. The fourth-order valence-electron chi connectivity index (χ4n) is 6.53. The molecule has 2 radical (unpaired) electrons. The Bertz CT molecular complexity index is 2080. The molecule has 6 aromatic rings. The Morgan fingerprint density at radius 3 is 1.46 bits per heavy atom. The summed E-state index contributed by atoms with van der Waals surface area (Å²) in [4.78, 5) is 0. The fourth-order valence-corrected chi connectivity index (χ4v) is 6.53. The predicted molar refractivity (Wildman–Crippen MR) is 251 cm³/mol. The number of hydrogen-bond acceptors (Lipinski definition) is 6. The molecule has 0 aliphatic heterocycles. The predicted octanol–water partition coefficient (Wildman–Crippen LogP) is 12.3. The topological polar surface area (TPSA) is 55.4 Å². The molecule has 0 saturated heterocycles. The van der Waals surface area contributed by atoms with Gasteiger partial charge in [-0.15, -0.1) is 0 Å². The molecule has 2 atom stereocenters. The molecule has 6 aromatic carbocycles. The van der Waals surface area contributed by atoms with Gasteiger partial charge < -0.3 is 28.4 Å². The molecule has 0 bridgehead atoms. The first-order valence-electron chi connectivity index (χ1n) is 20.2. The van der Waals surface area contributed by atoms with Crippen LogP contribution in [0, 0.1) is 11.8 Å². The quantitative estimate of drug-likeness (QED) is 0.0458. The van der Waals surface area contributed by atoms with Crippen molar-refractivity contribution in [1.82, 2.24) is 0 Å². The number of fused-ring (bicyclic) bond motifs is 2. The van der Waals surface area contributed by atoms with E-state index in [1.54, 1.807) is 20.3 Å². The van der Waals surface area contributed by atoms with Gasteiger partial charge in [0.25, 0.3) is 0 Å². The minimum absolute atomic E-state index is 0. The van der Waals surface area contributed by atoms with E-state index in [-0.39, 0.29) is 33.4 Å². The van der Waals surface area contributed by atoms with Gasteiger partial charge >= 0.3 is 27.3 Å². The van der Waals surface area contributed by atoms with E-state index < -0.39 is 0 Å². The number of rotatable bonds is 19. The Labute approximate surface area is 373 Å². The fraction of sp³-hybridized carbons (Fsp3) is 0.308. The molecule has 59 heavy (non-hydrogen) atoms. The van der Waals surface area contributed by atoms with Crippen LogP contribution >= 0.6 is 0 Å². The van der Waals surface area contributed by atoms with E-state index in [0.29, 0.717) is 44.2 Å². The maximum atomic E-state index is 6.34. The third kappa shape index (κ3) is 17.1. The monoisotopic (exact) mass is 992 g/mol. The Morgan fingerprint density at radius 1 is 0.525 bits per heavy atom. The zero-order chi connectivity index (χ0) is 41.5. The van der Waals surface area contributed by atoms with Gasteiger partial charge in [0, 0.05) is 0 Å². The molecule has 0 N–H and O–H groups in total. The Morgan fingerprint density at radius 2 is 1.00 bits per heavy atom. The van der Waals surface area contributed by atoms with Gasteiger partial charge in [-0.2, -0.15) is 0 Å². The molecule has 0 aliphatic rings. The van der Waals surface area contributed by atoms with Crippen LogP contribution in [0.2, 0.25) is 0 Å². The van der Waals surface area contributed by atoms with E-state index in [9.17, 15) is 0 Å². The van der Waals surface area contributed by atoms with Crippen molar-refractivity contribution in [2.75, 3.05) is 40.6 Å². The van der Waals surface area contributed by atoms with Gasteiger partial charge in [0.2, 0.25) is 0 Å². The molecular formula is C52H64O6Pb. The normalized spacial score (nSPS) is 11.5. The maximum absolute atomic E-state index is 6.34. The third-order valence-electron chi connectivity index (χ3n) is 9.67. The SMILES string of the molecule is C=COCCOc1ccc2ccccc2c1.C=Cc1ccc(OC)cc1.COc1ccc(C(CC(C)C)CC(OCCOc2ccc3ccccc3c2)C(C)C)cc1.[PbH2]. The van der Waals surface area contributed by atoms with Gasteiger partial charge in [0.15, 0.2) is 0 Å². The summed E-state index contributed by atoms with van der Waals surface area (Å²) in [6, 6.07) is 45.1. The van der Waals surface area contributed by atoms with Gasteiger partial charge in [-0.25, -0.2) is 0 Å². The van der Waals surface area contributed by atoms with E-state index in [1.807, 2.05) is 54.6 Å². The van der Waals surface area contributed by atoms with E-state index >= 15 is 0 Å². The number of hydrogen-bond donors (Lipinski definition) is 0. The van der Waals surface area contributed by atoms with Crippen molar-refractivity contribution < 1.29 is 28.4 Å². The van der Waals surface area contributed by atoms with Gasteiger partial charge in [-0.05, 0) is 112 Å². The van der Waals surface area contributed by atoms with Crippen molar-refractivity contribution in [3.63, 3.8) is 0 Å². The Hall–Kier alpha value is -4.80. The number of ether oxygens (including phenoxy) is 6. The second-order valence-electron chi connectivity index (χ2n) is 14.7. The van der Waals surface area contributed by atoms with Crippen molar-refractivity contribution in [2.45, 2.75) is 52.6 Å². The van der Waals surface area contributed by atoms with Crippen LogP contribution < -0.4 is 18.9 Å². The molecule has 0 saturated carbocycles. The Balaban J connectivity index is 0.000000283. The van der Waals surface area contributed by atoms with Crippen molar-refractivity contribution in [1.29, 1.82) is 0 Å². The first-order chi connectivity index (χ1) is 28.2. The zero-order valence-corrected chi connectivity index (χ0v) is 41.5. The average molecular weight is 992 g/mol. The molecule has 0 aromatic heterocycles. The third-order valence-corrected chi connectivity index (χ3v) is 9.67. The summed E-state index contributed by atoms with van der Waals surface area (Å²) in [5.74, 6) is 5.09. The van der Waals surface area contributed by atoms with Crippen molar-refractivity contribution in [3.8, 4) is 23.0 Å². The second-order valence-corrected chi connectivity index (χ2v) is 14.7. The molecule has 0 heterocycles. The molecule has 0 fully saturated rings. The summed E-state index contributed by atoms with van der Waals surface area (Å²) in [7, 11) is 3.37. The van der Waals surface area contributed by atoms with E-state index in [0.717, 1.165) is 41.4 Å². The van der Waals surface area contributed by atoms with Crippen LogP contribution in [0.15, 0.2) is 153 Å². The summed E-state index contributed by atoms with van der Waals surface area (Å²) in [6.07, 6.45) is 5.58. The number of methoxy groups -OCH3 is 2. The molecule has 2 unspecified atom stereocenters. The first kappa shape index (κ1) is 48.6. The summed E-state index contributed by atoms with van der Waals surface area (Å²) in [5, 5.41) is 4.83. The minimum atomic E-state index is 0. The average Bonchev–Trinajstić information content (AvgIpc) is 3.26. The molecule has 0 amide bonds. The standard InChI is InChI=1S/C29H38O3.C14H14O2.C9H10O.Pb.2H/c1-21(2)18-26(24-10-13-27(30-5)14-11-24)20-29(22(3)4)32-17-16-31-28-15-12-23-8-6-7-9-25(23)19-28;1-2-15-9-10-16-14-8-7-12-5-3-4-6-13(12)11-14;1-3-8-4-6-9(10-2)7-5-8;;;/h6-15,19,21-22,26,29H,16-18,20H2,1-5H3;2-8,11H,1,9-10H2;3-7H,1H2,2H3;;;. The second kappa shape index (κ2) is 27.1. The summed E-state index contributed by atoms with van der Waals surface area (Å²) in [6.45, 7) is 18.4. The summed E-state index contributed by atoms with van der Waals surface area (Å²) in [5.41, 5.74) is 2.47. The van der Waals surface area contributed by atoms with Gasteiger partial charge in [0.05, 0.1) is 33.2 Å². The van der Waals surface area contributed by atoms with Gasteiger partial charge in [0.1, 0.15) is 42.8 Å². The molecule has 0 spiro atoms. The van der Waals surface area contributed by atoms with Crippen LogP contribution in [0.25, 0.3) is 27.6 Å². The van der Waals surface area contributed by atoms with Crippen LogP contribution in [0.1, 0.15) is 57.6 Å². The zero-order valence-electron chi connectivity index (χ0n) is 36.0. The van der Waals surface area contributed by atoms with E-state index in [4.69, 9.17) is 28.4 Å². The van der Waals surface area contributed by atoms with E-state index in [2.05, 4.69) is 120 Å². The van der Waals surface area contributed by atoms with Gasteiger partial charge in [-0.3, -0.25) is 0 Å². The van der Waals surface area contributed by atoms with Crippen LogP contribution in [-0.4, -0.2) is 74.0 Å². The van der Waals surface area contributed by atoms with Crippen LogP contribution in [0.5, 0.6) is 23.0 Å². The molecule has 7 heteroatoms. The summed E-state index contributed by atoms with van der Waals surface area (Å²) < 4.78 is 33.2. The summed E-state index contributed by atoms with van der Waals surface area (Å²) >= 11 is 0. The molecular weight excluding hydrogens is 928 g/mol. The van der Waals surface area contributed by atoms with Crippen molar-refractivity contribution >= 4 is 54.9 Å². The van der Waals surface area contributed by atoms with Crippen LogP contribution in [0.4, 0.5) is 0 Å². The Kier molecular flexibility index (Phi) is 22.3. The first-order valence-corrected chi connectivity index (χ1v) is 20.2. The van der Waals surface area contributed by atoms with Gasteiger partial charge in [-0.1, -0.05) is 132 Å². The van der Waals surface area contributed by atoms with E-state index in [1.165, 1.54) is 33.4 Å². The van der Waals surface area contributed by atoms with Crippen LogP contribution in [0.3, 0.4) is 0 Å². The van der Waals surface area contributed by atoms with Crippen molar-refractivity contribution in [3.05, 3.63) is 164 Å². The molecule has 6 rings (SSSR count). The number of benzene rings is 6. The van der Waals surface area contributed by atoms with Crippen molar-refractivity contribution in [2.24, 2.45) is 11.8 Å².